The second-order valence-electron chi connectivity index (χ2n) is 9.51. The number of fused-ring (bicyclic) bond motifs is 3. The Labute approximate surface area is 205 Å². The van der Waals surface area contributed by atoms with Crippen LogP contribution in [0, 0.1) is 17.8 Å². The number of aliphatic hydroxyl groups excluding tert-OH is 1. The lowest BCUT2D eigenvalue weighted by Gasteiger charge is -2.43. The molecule has 4 rings (SSSR count). The molecule has 3 N–H and O–H groups in total. The maximum atomic E-state index is 12.9. The van der Waals surface area contributed by atoms with Crippen LogP contribution in [0.5, 0.6) is 5.75 Å². The van der Waals surface area contributed by atoms with Crippen molar-refractivity contribution in [1.29, 1.82) is 0 Å². The minimum Gasteiger partial charge on any atom is -0.508 e. The molecule has 0 unspecified atom stereocenters. The number of allylic oxidation sites excluding steroid dienone is 1. The third-order valence-electron chi connectivity index (χ3n) is 7.36. The quantitative estimate of drug-likeness (QED) is 0.309. The van der Waals surface area contributed by atoms with Crippen LogP contribution in [0.2, 0.25) is 11.3 Å². The van der Waals surface area contributed by atoms with Gasteiger partial charge in [-0.25, -0.2) is 0 Å². The first-order valence-corrected chi connectivity index (χ1v) is 12.3. The Balaban J connectivity index is 1.60. The van der Waals surface area contributed by atoms with Crippen LogP contribution in [0.25, 0.3) is 6.08 Å². The third kappa shape index (κ3) is 4.69. The smallest absolute Gasteiger partial charge is 0.455 e. The summed E-state index contributed by atoms with van der Waals surface area (Å²) in [5.41, 5.74) is 3.60. The number of likely N-dealkylation sites (tertiary alicyclic amines) is 1. The fourth-order valence-electron chi connectivity index (χ4n) is 5.83. The van der Waals surface area contributed by atoms with Crippen molar-refractivity contribution in [2.24, 2.45) is 17.8 Å². The third-order valence-corrected chi connectivity index (χ3v) is 7.69. The molecule has 9 heteroatoms. The van der Waals surface area contributed by atoms with Gasteiger partial charge in [-0.15, -0.1) is 0 Å². The second-order valence-corrected chi connectivity index (χ2v) is 9.91. The van der Waals surface area contributed by atoms with Crippen molar-refractivity contribution >= 4 is 36.6 Å². The predicted molar refractivity (Wildman–Crippen MR) is 130 cm³/mol. The number of halogens is 1. The summed E-state index contributed by atoms with van der Waals surface area (Å²) in [6.45, 7) is 1.90. The summed E-state index contributed by atoms with van der Waals surface area (Å²) < 4.78 is 5.93. The number of amides is 2. The van der Waals surface area contributed by atoms with Crippen molar-refractivity contribution in [2.75, 3.05) is 13.7 Å². The molecule has 0 saturated carbocycles. The first-order chi connectivity index (χ1) is 16.2. The van der Waals surface area contributed by atoms with Crippen molar-refractivity contribution in [3.8, 4) is 5.75 Å². The molecule has 0 aromatic heterocycles. The number of nitrogens with zero attached hydrogens (tertiary/aromatic N) is 1. The zero-order valence-electron chi connectivity index (χ0n) is 19.5. The summed E-state index contributed by atoms with van der Waals surface area (Å²) in [5, 5.41) is 30.7. The van der Waals surface area contributed by atoms with E-state index in [-0.39, 0.29) is 36.4 Å². The first kappa shape index (κ1) is 25.0. The van der Waals surface area contributed by atoms with Crippen molar-refractivity contribution in [3.05, 3.63) is 45.5 Å². The number of hydrogen-bond acceptors (Lipinski definition) is 6. The Morgan fingerprint density at radius 2 is 2.03 bits per heavy atom. The lowest BCUT2D eigenvalue weighted by Crippen LogP contribution is -2.46. The Bertz CT molecular complexity index is 1040. The van der Waals surface area contributed by atoms with Gasteiger partial charge >= 0.3 is 7.12 Å². The van der Waals surface area contributed by atoms with Crippen LogP contribution >= 0.6 is 11.6 Å². The van der Waals surface area contributed by atoms with Gasteiger partial charge in [0.05, 0.1) is 29.6 Å². The second kappa shape index (κ2) is 10.2. The highest BCUT2D eigenvalue weighted by atomic mass is 35.5. The standard InChI is InChI=1S/C25H31BClNO6/c1-3-4-14(9-15-6-7-17(30)11-20(15)27)5-8-21-22-16(13-29)10-18-23(19(22)12-26(33)34-21)25(32)28(2)24(18)31/h6-7,9,11,18-19,21,23,29-30,33H,3-5,8,10,12-13H2,1-2H3/b14-9+/t18-,19+,21-,23-/m1/s1. The van der Waals surface area contributed by atoms with Gasteiger partial charge in [-0.1, -0.05) is 36.6 Å². The van der Waals surface area contributed by atoms with E-state index in [1.165, 1.54) is 18.0 Å². The Kier molecular flexibility index (Phi) is 7.52. The fourth-order valence-corrected chi connectivity index (χ4v) is 6.06. The van der Waals surface area contributed by atoms with Gasteiger partial charge in [-0.2, -0.15) is 0 Å². The van der Waals surface area contributed by atoms with Crippen molar-refractivity contribution in [2.45, 2.75) is 51.5 Å². The minimum absolute atomic E-state index is 0.111. The van der Waals surface area contributed by atoms with Gasteiger partial charge in [0.1, 0.15) is 5.75 Å². The number of imide groups is 1. The number of phenols is 1. The molecule has 2 saturated heterocycles. The van der Waals surface area contributed by atoms with E-state index < -0.39 is 25.1 Å². The van der Waals surface area contributed by atoms with E-state index in [0.717, 1.165) is 35.1 Å². The van der Waals surface area contributed by atoms with Gasteiger partial charge in [0.15, 0.2) is 0 Å². The van der Waals surface area contributed by atoms with Gasteiger partial charge in [-0.3, -0.25) is 14.5 Å². The first-order valence-electron chi connectivity index (χ1n) is 11.9. The van der Waals surface area contributed by atoms with Crippen LogP contribution in [0.15, 0.2) is 34.9 Å². The molecule has 34 heavy (non-hydrogen) atoms. The molecule has 2 fully saturated rings. The molecule has 1 aromatic carbocycles. The predicted octanol–water partition coefficient (Wildman–Crippen LogP) is 3.43. The summed E-state index contributed by atoms with van der Waals surface area (Å²) in [6, 6.07) is 4.88. The van der Waals surface area contributed by atoms with Crippen molar-refractivity contribution < 1.29 is 29.5 Å². The maximum absolute atomic E-state index is 12.9. The Hall–Kier alpha value is -2.13. The summed E-state index contributed by atoms with van der Waals surface area (Å²) in [5.74, 6) is -1.62. The molecule has 0 spiro atoms. The summed E-state index contributed by atoms with van der Waals surface area (Å²) in [7, 11) is 0.474. The highest BCUT2D eigenvalue weighted by molar-refractivity contribution is 6.43. The average Bonchev–Trinajstić information content (AvgIpc) is 3.02. The number of carbonyl (C=O) groups is 2. The molecule has 1 aromatic rings. The van der Waals surface area contributed by atoms with E-state index in [1.54, 1.807) is 12.1 Å². The molecule has 2 amide bonds. The largest absolute Gasteiger partial charge is 0.508 e. The number of rotatable bonds is 7. The van der Waals surface area contributed by atoms with Crippen molar-refractivity contribution in [1.82, 2.24) is 4.90 Å². The average molecular weight is 488 g/mol. The van der Waals surface area contributed by atoms with E-state index in [2.05, 4.69) is 6.92 Å². The highest BCUT2D eigenvalue weighted by Gasteiger charge is 2.56. The number of aromatic hydroxyl groups is 1. The number of hydrogen-bond donors (Lipinski definition) is 3. The summed E-state index contributed by atoms with van der Waals surface area (Å²) >= 11 is 6.30. The molecule has 182 valence electrons. The molecule has 0 bridgehead atoms. The molecule has 7 nitrogen and oxygen atoms in total. The normalized spacial score (nSPS) is 27.4. The highest BCUT2D eigenvalue weighted by Crippen LogP contribution is 2.50. The van der Waals surface area contributed by atoms with Gasteiger partial charge in [0, 0.05) is 7.05 Å². The molecule has 0 radical (unpaired) electrons. The van der Waals surface area contributed by atoms with E-state index in [9.17, 15) is 24.8 Å². The topological polar surface area (TPSA) is 107 Å². The van der Waals surface area contributed by atoms with Crippen LogP contribution < -0.4 is 0 Å². The molecule has 2 aliphatic heterocycles. The summed E-state index contributed by atoms with van der Waals surface area (Å²) in [6.07, 6.45) is 5.21. The lowest BCUT2D eigenvalue weighted by molar-refractivity contribution is -0.138. The molecule has 2 heterocycles. The Morgan fingerprint density at radius 1 is 1.26 bits per heavy atom. The van der Waals surface area contributed by atoms with Gasteiger partial charge in [0.2, 0.25) is 11.8 Å². The molecular formula is C25H31BClNO6. The zero-order chi connectivity index (χ0) is 24.6. The van der Waals surface area contributed by atoms with Crippen molar-refractivity contribution in [3.63, 3.8) is 0 Å². The minimum atomic E-state index is -1.03. The lowest BCUT2D eigenvalue weighted by atomic mass is 9.58. The van der Waals surface area contributed by atoms with Crippen LogP contribution in [0.1, 0.15) is 44.6 Å². The van der Waals surface area contributed by atoms with Gasteiger partial charge in [-0.05, 0) is 72.8 Å². The molecule has 4 atom stereocenters. The van der Waals surface area contributed by atoms with Crippen LogP contribution in [-0.2, 0) is 14.2 Å². The Morgan fingerprint density at radius 3 is 2.71 bits per heavy atom. The summed E-state index contributed by atoms with van der Waals surface area (Å²) in [4.78, 5) is 26.7. The van der Waals surface area contributed by atoms with Crippen LogP contribution in [0.4, 0.5) is 0 Å². The number of phenolic OH excluding ortho intramolecular Hbond substituents is 1. The number of carbonyl (C=O) groups excluding carboxylic acids is 2. The molecule has 1 aliphatic carbocycles. The van der Waals surface area contributed by atoms with Gasteiger partial charge in [0.25, 0.3) is 0 Å². The molecule has 3 aliphatic rings. The van der Waals surface area contributed by atoms with Gasteiger partial charge < -0.3 is 19.9 Å². The zero-order valence-corrected chi connectivity index (χ0v) is 20.3. The van der Waals surface area contributed by atoms with Crippen LogP contribution in [0.3, 0.4) is 0 Å². The van der Waals surface area contributed by atoms with E-state index in [4.69, 9.17) is 16.3 Å². The fraction of sp³-hybridized carbons (Fsp3) is 0.520. The maximum Gasteiger partial charge on any atom is 0.455 e. The van der Waals surface area contributed by atoms with Crippen LogP contribution in [-0.4, -0.2) is 58.8 Å². The SMILES string of the molecule is CCC/C(=C\c1ccc(O)cc1Cl)CC[C@H]1OB(O)C[C@H]2C1=C(CO)C[C@H]1C(=O)N(C)C(=O)[C@H]12. The number of aliphatic hydroxyl groups is 1. The van der Waals surface area contributed by atoms with E-state index in [1.807, 2.05) is 6.08 Å². The monoisotopic (exact) mass is 487 g/mol. The molecular weight excluding hydrogens is 457 g/mol. The van der Waals surface area contributed by atoms with E-state index in [0.29, 0.717) is 24.3 Å². The number of benzene rings is 1. The van der Waals surface area contributed by atoms with E-state index >= 15 is 0 Å².